The highest BCUT2D eigenvalue weighted by atomic mass is 16.5. The number of anilines is 1. The summed E-state index contributed by atoms with van der Waals surface area (Å²) < 4.78 is 11.3. The number of fused-ring (bicyclic) bond motifs is 3. The molecule has 0 atom stereocenters. The number of rotatable bonds is 4. The maximum absolute atomic E-state index is 12.2. The van der Waals surface area contributed by atoms with Gasteiger partial charge in [0.25, 0.3) is 5.91 Å². The fraction of sp³-hybridized carbons (Fsp3) is 0.250. The van der Waals surface area contributed by atoms with E-state index in [0.717, 1.165) is 41.3 Å². The molecular weight excluding hydrogens is 332 g/mol. The molecule has 0 saturated carbocycles. The van der Waals surface area contributed by atoms with Crippen molar-refractivity contribution in [3.8, 4) is 5.75 Å². The molecule has 3 aromatic rings. The van der Waals surface area contributed by atoms with E-state index in [2.05, 4.69) is 10.3 Å². The number of nitrogens with zero attached hydrogens (tertiary/aromatic N) is 1. The van der Waals surface area contributed by atoms with Crippen LogP contribution in [0.2, 0.25) is 0 Å². The third kappa shape index (κ3) is 3.06. The zero-order valence-corrected chi connectivity index (χ0v) is 14.4. The van der Waals surface area contributed by atoms with Crippen LogP contribution in [-0.2, 0) is 17.6 Å². The number of hydrogen-bond donors (Lipinski definition) is 1. The van der Waals surface area contributed by atoms with Crippen molar-refractivity contribution in [3.05, 3.63) is 63.8 Å². The Kier molecular flexibility index (Phi) is 4.16. The van der Waals surface area contributed by atoms with Crippen LogP contribution in [-0.4, -0.2) is 17.5 Å². The van der Waals surface area contributed by atoms with Gasteiger partial charge < -0.3 is 14.5 Å². The van der Waals surface area contributed by atoms with Crippen molar-refractivity contribution >= 4 is 22.6 Å². The van der Waals surface area contributed by atoms with Crippen molar-refractivity contribution in [2.45, 2.75) is 26.2 Å². The van der Waals surface area contributed by atoms with Gasteiger partial charge in [-0.3, -0.25) is 9.78 Å². The van der Waals surface area contributed by atoms with E-state index in [1.54, 1.807) is 24.5 Å². The average Bonchev–Trinajstić information content (AvgIpc) is 3.10. The quantitative estimate of drug-likeness (QED) is 0.732. The van der Waals surface area contributed by atoms with Crippen LogP contribution in [0.3, 0.4) is 0 Å². The molecule has 1 aliphatic rings. The molecule has 2 heterocycles. The van der Waals surface area contributed by atoms with E-state index in [4.69, 9.17) is 9.15 Å². The number of ether oxygens (including phenoxy) is 1. The van der Waals surface area contributed by atoms with Crippen molar-refractivity contribution in [1.82, 2.24) is 4.98 Å². The third-order valence-electron chi connectivity index (χ3n) is 4.48. The lowest BCUT2D eigenvalue weighted by Gasteiger charge is -2.13. The SMILES string of the molecule is Cc1cc(OCC(=O)Nc2cccnc2)c2c3c(c(=O)oc2c1)CCC3. The van der Waals surface area contributed by atoms with Crippen LogP contribution in [0.25, 0.3) is 11.0 Å². The first-order valence-electron chi connectivity index (χ1n) is 8.54. The predicted molar refractivity (Wildman–Crippen MR) is 97.6 cm³/mol. The smallest absolute Gasteiger partial charge is 0.339 e. The molecule has 1 aromatic carbocycles. The molecule has 26 heavy (non-hydrogen) atoms. The summed E-state index contributed by atoms with van der Waals surface area (Å²) in [5.74, 6) is 0.296. The molecule has 6 heteroatoms. The van der Waals surface area contributed by atoms with Crippen LogP contribution in [0, 0.1) is 6.92 Å². The van der Waals surface area contributed by atoms with Gasteiger partial charge in [0.15, 0.2) is 6.61 Å². The average molecular weight is 350 g/mol. The summed E-state index contributed by atoms with van der Waals surface area (Å²) in [6, 6.07) is 7.21. The zero-order valence-electron chi connectivity index (χ0n) is 14.4. The van der Waals surface area contributed by atoms with Gasteiger partial charge in [0.1, 0.15) is 11.3 Å². The fourth-order valence-corrected chi connectivity index (χ4v) is 3.40. The summed E-state index contributed by atoms with van der Waals surface area (Å²) >= 11 is 0. The highest BCUT2D eigenvalue weighted by molar-refractivity contribution is 5.93. The standard InChI is InChI=1S/C20H18N2O4/c1-12-8-16(25-11-18(23)22-13-4-3-7-21-10-13)19-14-5-2-6-15(14)20(24)26-17(19)9-12/h3-4,7-10H,2,5-6,11H2,1H3,(H,22,23). The molecular formula is C20H18N2O4. The number of pyridine rings is 1. The van der Waals surface area contributed by atoms with E-state index in [0.29, 0.717) is 17.0 Å². The van der Waals surface area contributed by atoms with Gasteiger partial charge in [0.2, 0.25) is 0 Å². The fourth-order valence-electron chi connectivity index (χ4n) is 3.40. The molecule has 0 saturated heterocycles. The van der Waals surface area contributed by atoms with Crippen molar-refractivity contribution in [2.24, 2.45) is 0 Å². The number of nitrogens with one attached hydrogen (secondary N) is 1. The molecule has 132 valence electrons. The largest absolute Gasteiger partial charge is 0.483 e. The first-order valence-corrected chi connectivity index (χ1v) is 8.54. The minimum atomic E-state index is -0.276. The highest BCUT2D eigenvalue weighted by Gasteiger charge is 2.22. The molecule has 0 spiro atoms. The van der Waals surface area contributed by atoms with Gasteiger partial charge >= 0.3 is 5.63 Å². The van der Waals surface area contributed by atoms with E-state index in [-0.39, 0.29) is 18.1 Å². The molecule has 1 amide bonds. The number of hydrogen-bond acceptors (Lipinski definition) is 5. The summed E-state index contributed by atoms with van der Waals surface area (Å²) in [4.78, 5) is 28.3. The second-order valence-corrected chi connectivity index (χ2v) is 6.41. The van der Waals surface area contributed by atoms with Crippen LogP contribution >= 0.6 is 0 Å². The van der Waals surface area contributed by atoms with Crippen LogP contribution < -0.4 is 15.7 Å². The predicted octanol–water partition coefficient (Wildman–Crippen LogP) is 3.00. The Balaban J connectivity index is 1.63. The van der Waals surface area contributed by atoms with Gasteiger partial charge in [0.05, 0.1) is 17.3 Å². The van der Waals surface area contributed by atoms with Crippen molar-refractivity contribution in [1.29, 1.82) is 0 Å². The van der Waals surface area contributed by atoms with E-state index >= 15 is 0 Å². The van der Waals surface area contributed by atoms with Crippen LogP contribution in [0.1, 0.15) is 23.1 Å². The Bertz CT molecular complexity index is 1040. The van der Waals surface area contributed by atoms with Gasteiger partial charge in [-0.25, -0.2) is 4.79 Å². The van der Waals surface area contributed by atoms with E-state index < -0.39 is 0 Å². The monoisotopic (exact) mass is 350 g/mol. The molecule has 0 radical (unpaired) electrons. The molecule has 1 N–H and O–H groups in total. The minimum Gasteiger partial charge on any atom is -0.483 e. The lowest BCUT2D eigenvalue weighted by Crippen LogP contribution is -2.20. The topological polar surface area (TPSA) is 81.4 Å². The number of aromatic nitrogens is 1. The second kappa shape index (κ2) is 6.63. The maximum Gasteiger partial charge on any atom is 0.339 e. The Morgan fingerprint density at radius 1 is 1.31 bits per heavy atom. The third-order valence-corrected chi connectivity index (χ3v) is 4.48. The first kappa shape index (κ1) is 16.3. The molecule has 0 bridgehead atoms. The Morgan fingerprint density at radius 2 is 2.15 bits per heavy atom. The number of carbonyl (C=O) groups excluding carboxylic acids is 1. The van der Waals surface area contributed by atoms with Crippen molar-refractivity contribution in [2.75, 3.05) is 11.9 Å². The minimum absolute atomic E-state index is 0.138. The van der Waals surface area contributed by atoms with E-state index in [9.17, 15) is 9.59 Å². The Morgan fingerprint density at radius 3 is 2.96 bits per heavy atom. The summed E-state index contributed by atoms with van der Waals surface area (Å²) in [5, 5.41) is 3.54. The van der Waals surface area contributed by atoms with E-state index in [1.807, 2.05) is 19.1 Å². The first-order chi connectivity index (χ1) is 12.6. The molecule has 6 nitrogen and oxygen atoms in total. The normalized spacial score (nSPS) is 12.8. The van der Waals surface area contributed by atoms with Crippen molar-refractivity contribution in [3.63, 3.8) is 0 Å². The van der Waals surface area contributed by atoms with Gasteiger partial charge in [-0.2, -0.15) is 0 Å². The van der Waals surface area contributed by atoms with Crippen LogP contribution in [0.4, 0.5) is 5.69 Å². The number of carbonyl (C=O) groups is 1. The summed E-state index contributed by atoms with van der Waals surface area (Å²) in [7, 11) is 0. The molecule has 4 rings (SSSR count). The highest BCUT2D eigenvalue weighted by Crippen LogP contribution is 2.35. The zero-order chi connectivity index (χ0) is 18.1. The summed E-state index contributed by atoms with van der Waals surface area (Å²) in [5.41, 5.74) is 3.47. The van der Waals surface area contributed by atoms with Gasteiger partial charge in [-0.15, -0.1) is 0 Å². The summed E-state index contributed by atoms with van der Waals surface area (Å²) in [6.07, 6.45) is 5.68. The van der Waals surface area contributed by atoms with Gasteiger partial charge in [-0.05, 0) is 61.6 Å². The van der Waals surface area contributed by atoms with Gasteiger partial charge in [0, 0.05) is 11.8 Å². The summed E-state index contributed by atoms with van der Waals surface area (Å²) in [6.45, 7) is 1.76. The lowest BCUT2D eigenvalue weighted by molar-refractivity contribution is -0.118. The molecule has 0 unspecified atom stereocenters. The van der Waals surface area contributed by atoms with E-state index in [1.165, 1.54) is 0 Å². The van der Waals surface area contributed by atoms with Crippen LogP contribution in [0.5, 0.6) is 5.75 Å². The Hall–Kier alpha value is -3.15. The van der Waals surface area contributed by atoms with Gasteiger partial charge in [-0.1, -0.05) is 0 Å². The second-order valence-electron chi connectivity index (χ2n) is 6.41. The Labute approximate surface area is 149 Å². The molecule has 1 aliphatic carbocycles. The molecule has 2 aromatic heterocycles. The number of amides is 1. The number of benzene rings is 1. The van der Waals surface area contributed by atoms with Crippen molar-refractivity contribution < 1.29 is 13.9 Å². The molecule has 0 aliphatic heterocycles. The molecule has 0 fully saturated rings. The number of aryl methyl sites for hydroxylation is 2. The lowest BCUT2D eigenvalue weighted by atomic mass is 10.0. The maximum atomic E-state index is 12.2. The van der Waals surface area contributed by atoms with Crippen LogP contribution in [0.15, 0.2) is 45.9 Å².